The third kappa shape index (κ3) is 4.47. The van der Waals surface area contributed by atoms with Crippen LogP contribution in [-0.2, 0) is 23.9 Å². The summed E-state index contributed by atoms with van der Waals surface area (Å²) in [5.74, 6) is -1.53. The Kier molecular flexibility index (Phi) is 6.34. The highest BCUT2D eigenvalue weighted by molar-refractivity contribution is 5.91. The molecule has 1 aliphatic heterocycles. The molecule has 1 saturated heterocycles. The number of ether oxygens (including phenoxy) is 2. The molecule has 5 nitrogen and oxygen atoms in total. The molecule has 0 N–H and O–H groups in total. The van der Waals surface area contributed by atoms with Gasteiger partial charge in [-0.15, -0.1) is 0 Å². The summed E-state index contributed by atoms with van der Waals surface area (Å²) in [7, 11) is 0. The zero-order valence-electron chi connectivity index (χ0n) is 15.1. The Morgan fingerprint density at radius 3 is 2.88 bits per heavy atom. The number of aldehydes is 1. The Morgan fingerprint density at radius 2 is 2.24 bits per heavy atom. The van der Waals surface area contributed by atoms with Crippen LogP contribution in [0.2, 0.25) is 0 Å². The van der Waals surface area contributed by atoms with E-state index < -0.39 is 24.1 Å². The maximum atomic E-state index is 12.3. The second kappa shape index (κ2) is 8.28. The Morgan fingerprint density at radius 1 is 1.52 bits per heavy atom. The summed E-state index contributed by atoms with van der Waals surface area (Å²) in [6.07, 6.45) is 5.82. The van der Waals surface area contributed by atoms with Gasteiger partial charge in [-0.3, -0.25) is 9.59 Å². The fraction of sp³-hybridized carbons (Fsp3) is 0.550. The van der Waals surface area contributed by atoms with Gasteiger partial charge in [-0.2, -0.15) is 0 Å². The van der Waals surface area contributed by atoms with E-state index in [9.17, 15) is 14.4 Å². The van der Waals surface area contributed by atoms with Gasteiger partial charge in [0.15, 0.2) is 0 Å². The van der Waals surface area contributed by atoms with Gasteiger partial charge in [0.1, 0.15) is 18.5 Å². The van der Waals surface area contributed by atoms with Gasteiger partial charge in [0, 0.05) is 12.0 Å². The van der Waals surface area contributed by atoms with Crippen molar-refractivity contribution >= 4 is 18.2 Å². The third-order valence-corrected chi connectivity index (χ3v) is 4.93. The first-order valence-corrected chi connectivity index (χ1v) is 8.79. The molecule has 0 unspecified atom stereocenters. The fourth-order valence-corrected chi connectivity index (χ4v) is 3.12. The molecule has 0 bridgehead atoms. The molecular formula is C20H26O5. The van der Waals surface area contributed by atoms with Crippen molar-refractivity contribution in [2.24, 2.45) is 11.8 Å². The van der Waals surface area contributed by atoms with E-state index >= 15 is 0 Å². The van der Waals surface area contributed by atoms with Crippen LogP contribution in [0, 0.1) is 11.8 Å². The molecule has 2 rings (SSSR count). The van der Waals surface area contributed by atoms with E-state index in [0.717, 1.165) is 18.3 Å². The molecule has 0 aromatic rings. The van der Waals surface area contributed by atoms with Crippen LogP contribution in [0.1, 0.15) is 46.5 Å². The lowest BCUT2D eigenvalue weighted by atomic mass is 9.85. The summed E-state index contributed by atoms with van der Waals surface area (Å²) in [5.41, 5.74) is 1.93. The zero-order chi connectivity index (χ0) is 18.6. The number of hydrogen-bond donors (Lipinski definition) is 0. The van der Waals surface area contributed by atoms with E-state index in [1.807, 2.05) is 26.0 Å². The molecule has 0 spiro atoms. The van der Waals surface area contributed by atoms with Crippen molar-refractivity contribution in [3.63, 3.8) is 0 Å². The number of carbonyl (C=O) groups is 3. The van der Waals surface area contributed by atoms with Crippen LogP contribution in [0.3, 0.4) is 0 Å². The first kappa shape index (κ1) is 19.2. The minimum atomic E-state index is -0.649. The van der Waals surface area contributed by atoms with Crippen molar-refractivity contribution in [3.05, 3.63) is 35.5 Å². The molecule has 136 valence electrons. The summed E-state index contributed by atoms with van der Waals surface area (Å²) in [5, 5.41) is 0. The molecule has 0 aromatic carbocycles. The van der Waals surface area contributed by atoms with E-state index in [2.05, 4.69) is 6.58 Å². The van der Waals surface area contributed by atoms with Gasteiger partial charge in [0.25, 0.3) is 0 Å². The van der Waals surface area contributed by atoms with Crippen molar-refractivity contribution in [1.29, 1.82) is 0 Å². The predicted molar refractivity (Wildman–Crippen MR) is 93.6 cm³/mol. The summed E-state index contributed by atoms with van der Waals surface area (Å²) in [6, 6.07) is 0. The van der Waals surface area contributed by atoms with Crippen molar-refractivity contribution in [1.82, 2.24) is 0 Å². The van der Waals surface area contributed by atoms with Gasteiger partial charge < -0.3 is 9.47 Å². The quantitative estimate of drug-likeness (QED) is 0.338. The van der Waals surface area contributed by atoms with Crippen LogP contribution in [0.15, 0.2) is 35.5 Å². The Labute approximate surface area is 148 Å². The highest BCUT2D eigenvalue weighted by atomic mass is 16.6. The van der Waals surface area contributed by atoms with Crippen LogP contribution in [0.5, 0.6) is 0 Å². The first-order valence-electron chi connectivity index (χ1n) is 8.79. The average Bonchev–Trinajstić information content (AvgIpc) is 2.85. The monoisotopic (exact) mass is 346 g/mol. The minimum absolute atomic E-state index is 0.249. The van der Waals surface area contributed by atoms with Crippen molar-refractivity contribution in [2.45, 2.75) is 58.7 Å². The van der Waals surface area contributed by atoms with Crippen LogP contribution in [0.4, 0.5) is 0 Å². The largest absolute Gasteiger partial charge is 0.461 e. The summed E-state index contributed by atoms with van der Waals surface area (Å²) in [4.78, 5) is 35.8. The van der Waals surface area contributed by atoms with E-state index in [1.54, 1.807) is 6.92 Å². The lowest BCUT2D eigenvalue weighted by Gasteiger charge is -2.28. The Hall–Kier alpha value is -2.17. The molecule has 25 heavy (non-hydrogen) atoms. The standard InChI is InChI=1S/C20H26O5/c1-5-13(3)19(22)24-17-10-15(11-21)8-6-7-12(2)9-16-18(17)14(4)20(23)25-16/h8-9,11,13,16-18H,4-7,10H2,1-3H3/b12-9-,15-8+/t13-,16-,17+,18-/m0/s1. The number of carbonyl (C=O) groups excluding carboxylic acids is 3. The SMILES string of the molecule is C=C1C(=O)O[C@H]2/C=C(/C)CC/C=C(/C=O)C[C@@H](OC(=O)[C@@H](C)CC)[C@@H]12. The smallest absolute Gasteiger partial charge is 0.334 e. The lowest BCUT2D eigenvalue weighted by Crippen LogP contribution is -2.35. The van der Waals surface area contributed by atoms with Crippen molar-refractivity contribution in [2.75, 3.05) is 0 Å². The molecule has 1 heterocycles. The van der Waals surface area contributed by atoms with E-state index in [0.29, 0.717) is 24.0 Å². The molecule has 1 fully saturated rings. The highest BCUT2D eigenvalue weighted by Crippen LogP contribution is 2.36. The van der Waals surface area contributed by atoms with Crippen LogP contribution < -0.4 is 0 Å². The maximum Gasteiger partial charge on any atom is 0.334 e. The molecule has 2 aliphatic rings. The maximum absolute atomic E-state index is 12.3. The number of esters is 2. The highest BCUT2D eigenvalue weighted by Gasteiger charge is 2.44. The van der Waals surface area contributed by atoms with Gasteiger partial charge in [-0.25, -0.2) is 4.79 Å². The Bertz CT molecular complexity index is 628. The van der Waals surface area contributed by atoms with Gasteiger partial charge in [0.05, 0.1) is 11.8 Å². The van der Waals surface area contributed by atoms with Crippen LogP contribution in [-0.4, -0.2) is 30.4 Å². The summed E-state index contributed by atoms with van der Waals surface area (Å²) in [6.45, 7) is 9.51. The van der Waals surface area contributed by atoms with E-state index in [-0.39, 0.29) is 18.3 Å². The minimum Gasteiger partial charge on any atom is -0.461 e. The van der Waals surface area contributed by atoms with E-state index in [4.69, 9.17) is 9.47 Å². The predicted octanol–water partition coefficient (Wildman–Crippen LogP) is 3.30. The van der Waals surface area contributed by atoms with Crippen molar-refractivity contribution in [3.8, 4) is 0 Å². The lowest BCUT2D eigenvalue weighted by molar-refractivity contribution is -0.156. The molecule has 0 saturated carbocycles. The second-order valence-corrected chi connectivity index (χ2v) is 6.86. The molecular weight excluding hydrogens is 320 g/mol. The number of hydrogen-bond acceptors (Lipinski definition) is 5. The second-order valence-electron chi connectivity index (χ2n) is 6.86. The molecule has 0 radical (unpaired) electrons. The molecule has 5 heteroatoms. The van der Waals surface area contributed by atoms with Crippen LogP contribution >= 0.6 is 0 Å². The zero-order valence-corrected chi connectivity index (χ0v) is 15.1. The van der Waals surface area contributed by atoms with Crippen molar-refractivity contribution < 1.29 is 23.9 Å². The normalized spacial score (nSPS) is 32.4. The molecule has 0 amide bonds. The molecule has 4 atom stereocenters. The van der Waals surface area contributed by atoms with Gasteiger partial charge in [-0.1, -0.05) is 32.1 Å². The van der Waals surface area contributed by atoms with Gasteiger partial charge in [0.2, 0.25) is 0 Å². The Balaban J connectivity index is 2.39. The number of rotatable bonds is 4. The molecule has 1 aliphatic carbocycles. The molecule has 0 aromatic heterocycles. The van der Waals surface area contributed by atoms with Gasteiger partial charge >= 0.3 is 11.9 Å². The number of fused-ring (bicyclic) bond motifs is 1. The third-order valence-electron chi connectivity index (χ3n) is 4.93. The average molecular weight is 346 g/mol. The fourth-order valence-electron chi connectivity index (χ4n) is 3.12. The van der Waals surface area contributed by atoms with Crippen LogP contribution in [0.25, 0.3) is 0 Å². The summed E-state index contributed by atoms with van der Waals surface area (Å²) >= 11 is 0. The first-order chi connectivity index (χ1) is 11.9. The van der Waals surface area contributed by atoms with Gasteiger partial charge in [-0.05, 0) is 37.8 Å². The number of allylic oxidation sites excluding steroid dienone is 2. The topological polar surface area (TPSA) is 69.7 Å². The van der Waals surface area contributed by atoms with E-state index in [1.165, 1.54) is 0 Å². The summed E-state index contributed by atoms with van der Waals surface area (Å²) < 4.78 is 11.1.